The fourth-order valence-corrected chi connectivity index (χ4v) is 2.45. The van der Waals surface area contributed by atoms with E-state index in [4.69, 9.17) is 25.8 Å². The minimum Gasteiger partial charge on any atom is -0.479 e. The van der Waals surface area contributed by atoms with Gasteiger partial charge in [-0.25, -0.2) is 0 Å². The lowest BCUT2D eigenvalue weighted by molar-refractivity contribution is -0.391. The third kappa shape index (κ3) is 3.81. The highest BCUT2D eigenvalue weighted by Crippen LogP contribution is 2.35. The number of nitro groups is 1. The van der Waals surface area contributed by atoms with Crippen molar-refractivity contribution in [1.82, 2.24) is 4.98 Å². The highest BCUT2D eigenvalue weighted by molar-refractivity contribution is 6.21. The third-order valence-corrected chi connectivity index (χ3v) is 3.63. The zero-order valence-corrected chi connectivity index (χ0v) is 12.6. The monoisotopic (exact) mass is 316 g/mol. The maximum Gasteiger partial charge on any atom is 0.406 e. The predicted octanol–water partition coefficient (Wildman–Crippen LogP) is 2.09. The third-order valence-electron chi connectivity index (χ3n) is 3.21. The molecule has 0 radical (unpaired) electrons. The lowest BCUT2D eigenvalue weighted by atomic mass is 9.91. The van der Waals surface area contributed by atoms with E-state index in [2.05, 4.69) is 4.98 Å². The van der Waals surface area contributed by atoms with Crippen molar-refractivity contribution in [3.63, 3.8) is 0 Å². The van der Waals surface area contributed by atoms with Gasteiger partial charge in [0.1, 0.15) is 17.9 Å². The van der Waals surface area contributed by atoms with Crippen molar-refractivity contribution in [3.05, 3.63) is 27.9 Å². The Morgan fingerprint density at radius 3 is 2.86 bits per heavy atom. The average molecular weight is 317 g/mol. The van der Waals surface area contributed by atoms with Crippen LogP contribution in [0.15, 0.2) is 12.1 Å². The summed E-state index contributed by atoms with van der Waals surface area (Å²) in [5, 5.41) is 10.8. The molecule has 0 spiro atoms. The number of hydrogen-bond donors (Lipinski definition) is 0. The Morgan fingerprint density at radius 2 is 2.24 bits per heavy atom. The molecule has 0 aromatic carbocycles. The van der Waals surface area contributed by atoms with Crippen LogP contribution in [0.25, 0.3) is 0 Å². The molecule has 1 aliphatic rings. The minimum atomic E-state index is -0.556. The number of halogens is 1. The molecule has 3 unspecified atom stereocenters. The number of methoxy groups -OCH3 is 1. The Kier molecular flexibility index (Phi) is 5.33. The number of hydrogen-bond acceptors (Lipinski definition) is 6. The molecule has 0 bridgehead atoms. The van der Waals surface area contributed by atoms with E-state index in [1.165, 1.54) is 0 Å². The molecular formula is C13H17ClN2O5. The number of alkyl halides is 1. The van der Waals surface area contributed by atoms with Crippen LogP contribution in [-0.2, 0) is 9.47 Å². The molecule has 2 rings (SSSR count). The van der Waals surface area contributed by atoms with Crippen LogP contribution in [0.1, 0.15) is 12.1 Å². The van der Waals surface area contributed by atoms with Gasteiger partial charge in [-0.05, 0) is 22.0 Å². The number of aromatic nitrogens is 1. The summed E-state index contributed by atoms with van der Waals surface area (Å²) in [6, 6.07) is 3.22. The van der Waals surface area contributed by atoms with E-state index in [9.17, 15) is 10.1 Å². The van der Waals surface area contributed by atoms with E-state index in [0.29, 0.717) is 25.3 Å². The maximum absolute atomic E-state index is 11.0. The first-order chi connectivity index (χ1) is 10.0. The molecule has 0 saturated heterocycles. The Hall–Kier alpha value is -1.44. The van der Waals surface area contributed by atoms with E-state index in [1.807, 2.05) is 0 Å². The molecule has 7 nitrogen and oxygen atoms in total. The van der Waals surface area contributed by atoms with Crippen molar-refractivity contribution in [2.75, 3.05) is 20.3 Å². The zero-order chi connectivity index (χ0) is 15.4. The normalized spacial score (nSPS) is 24.4. The van der Waals surface area contributed by atoms with E-state index in [1.54, 1.807) is 26.2 Å². The van der Waals surface area contributed by atoms with Crippen LogP contribution < -0.4 is 4.74 Å². The Balaban J connectivity index is 2.03. The van der Waals surface area contributed by atoms with Crippen molar-refractivity contribution >= 4 is 17.4 Å². The molecule has 3 atom stereocenters. The van der Waals surface area contributed by atoms with E-state index < -0.39 is 4.92 Å². The van der Waals surface area contributed by atoms with E-state index in [-0.39, 0.29) is 29.2 Å². The van der Waals surface area contributed by atoms with Crippen molar-refractivity contribution in [2.45, 2.75) is 30.9 Å². The first-order valence-electron chi connectivity index (χ1n) is 6.56. The largest absolute Gasteiger partial charge is 0.479 e. The topological polar surface area (TPSA) is 83.7 Å². The van der Waals surface area contributed by atoms with E-state index in [0.717, 1.165) is 0 Å². The van der Waals surface area contributed by atoms with Crippen molar-refractivity contribution < 1.29 is 19.1 Å². The fraction of sp³-hybridized carbons (Fsp3) is 0.615. The first-order valence-corrected chi connectivity index (χ1v) is 7.00. The minimum absolute atomic E-state index is 0.138. The highest BCUT2D eigenvalue weighted by atomic mass is 35.5. The lowest BCUT2D eigenvalue weighted by Crippen LogP contribution is -2.53. The predicted molar refractivity (Wildman–Crippen MR) is 75.9 cm³/mol. The van der Waals surface area contributed by atoms with Crippen LogP contribution in [0.5, 0.6) is 5.75 Å². The number of ether oxygens (including phenoxy) is 3. The Bertz CT molecular complexity index is 513. The second-order valence-electron chi connectivity index (χ2n) is 4.77. The van der Waals surface area contributed by atoms with Gasteiger partial charge in [0.25, 0.3) is 0 Å². The molecule has 21 heavy (non-hydrogen) atoms. The van der Waals surface area contributed by atoms with Gasteiger partial charge < -0.3 is 24.3 Å². The van der Waals surface area contributed by atoms with Gasteiger partial charge in [-0.15, -0.1) is 11.6 Å². The summed E-state index contributed by atoms with van der Waals surface area (Å²) < 4.78 is 16.1. The van der Waals surface area contributed by atoms with Crippen molar-refractivity contribution in [2.24, 2.45) is 0 Å². The molecule has 116 valence electrons. The van der Waals surface area contributed by atoms with Crippen LogP contribution in [0, 0.1) is 17.0 Å². The summed E-state index contributed by atoms with van der Waals surface area (Å²) in [5.41, 5.74) is 0.561. The van der Waals surface area contributed by atoms with Gasteiger partial charge >= 0.3 is 5.82 Å². The SMILES string of the molecule is COCCOC1C(Cl)CC1Oc1ccc(C)nc1[N+](=O)[O-]. The summed E-state index contributed by atoms with van der Waals surface area (Å²) in [4.78, 5) is 14.3. The molecule has 0 aliphatic heterocycles. The zero-order valence-electron chi connectivity index (χ0n) is 11.8. The molecule has 1 aromatic rings. The fourth-order valence-electron chi connectivity index (χ4n) is 2.04. The van der Waals surface area contributed by atoms with Gasteiger partial charge in [0, 0.05) is 20.5 Å². The van der Waals surface area contributed by atoms with Crippen molar-refractivity contribution in [1.29, 1.82) is 0 Å². The van der Waals surface area contributed by atoms with Gasteiger partial charge in [-0.1, -0.05) is 0 Å². The summed E-state index contributed by atoms with van der Waals surface area (Å²) in [5.74, 6) is -0.150. The van der Waals surface area contributed by atoms with Crippen molar-refractivity contribution in [3.8, 4) is 5.75 Å². The van der Waals surface area contributed by atoms with Gasteiger partial charge in [-0.3, -0.25) is 0 Å². The summed E-state index contributed by atoms with van der Waals surface area (Å²) >= 11 is 6.09. The van der Waals surface area contributed by atoms with Gasteiger partial charge in [0.05, 0.1) is 18.6 Å². The molecule has 1 fully saturated rings. The number of nitrogens with zero attached hydrogens (tertiary/aromatic N) is 2. The van der Waals surface area contributed by atoms with Crippen LogP contribution in [0.4, 0.5) is 5.82 Å². The second kappa shape index (κ2) is 7.02. The summed E-state index contributed by atoms with van der Waals surface area (Å²) in [6.45, 7) is 2.54. The molecule has 0 amide bonds. The lowest BCUT2D eigenvalue weighted by Gasteiger charge is -2.40. The van der Waals surface area contributed by atoms with Gasteiger partial charge in [0.2, 0.25) is 5.75 Å². The Labute approximate surface area is 127 Å². The standard InChI is InChI=1S/C13H17ClN2O5/c1-8-3-4-10(13(15-8)16(17)18)21-11-7-9(14)12(11)20-6-5-19-2/h3-4,9,11-12H,5-7H2,1-2H3. The number of aryl methyl sites for hydroxylation is 1. The molecular weight excluding hydrogens is 300 g/mol. The quantitative estimate of drug-likeness (QED) is 0.331. The van der Waals surface area contributed by atoms with Gasteiger partial charge in [-0.2, -0.15) is 0 Å². The van der Waals surface area contributed by atoms with Crippen LogP contribution in [0.3, 0.4) is 0 Å². The molecule has 8 heteroatoms. The highest BCUT2D eigenvalue weighted by Gasteiger charge is 2.43. The number of pyridine rings is 1. The summed E-state index contributed by atoms with van der Waals surface area (Å²) in [7, 11) is 1.58. The Morgan fingerprint density at radius 1 is 1.48 bits per heavy atom. The summed E-state index contributed by atoms with van der Waals surface area (Å²) in [6.07, 6.45) is -0.0418. The van der Waals surface area contributed by atoms with Crippen LogP contribution >= 0.6 is 11.6 Å². The maximum atomic E-state index is 11.0. The molecule has 1 aromatic heterocycles. The average Bonchev–Trinajstić information content (AvgIpc) is 2.44. The van der Waals surface area contributed by atoms with Crippen LogP contribution in [-0.4, -0.2) is 47.8 Å². The van der Waals surface area contributed by atoms with E-state index >= 15 is 0 Å². The number of rotatable bonds is 7. The second-order valence-corrected chi connectivity index (χ2v) is 5.33. The first kappa shape index (κ1) is 15.9. The van der Waals surface area contributed by atoms with Crippen LogP contribution in [0.2, 0.25) is 0 Å². The molecule has 0 N–H and O–H groups in total. The molecule has 1 saturated carbocycles. The molecule has 1 heterocycles. The molecule has 1 aliphatic carbocycles. The smallest absolute Gasteiger partial charge is 0.406 e. The van der Waals surface area contributed by atoms with Gasteiger partial charge in [0.15, 0.2) is 0 Å².